The number of hydrogen-bond donors (Lipinski definition) is 1. The molecule has 7 heteroatoms. The Bertz CT molecular complexity index is 846. The zero-order chi connectivity index (χ0) is 17.7. The van der Waals surface area contributed by atoms with Crippen LogP contribution in [-0.4, -0.2) is 44.7 Å². The second-order valence-electron chi connectivity index (χ2n) is 7.78. The van der Waals surface area contributed by atoms with Gasteiger partial charge in [-0.2, -0.15) is 0 Å². The molecule has 1 aliphatic carbocycles. The predicted octanol–water partition coefficient (Wildman–Crippen LogP) is 2.33. The summed E-state index contributed by atoms with van der Waals surface area (Å²) in [5, 5.41) is 11.1. The molecule has 2 aliphatic heterocycles. The van der Waals surface area contributed by atoms with Crippen molar-refractivity contribution in [1.29, 1.82) is 0 Å². The molecule has 6 nitrogen and oxygen atoms in total. The fourth-order valence-corrected chi connectivity index (χ4v) is 4.53. The average Bonchev–Trinajstić information content (AvgIpc) is 3.13. The van der Waals surface area contributed by atoms with E-state index < -0.39 is 0 Å². The van der Waals surface area contributed by atoms with Gasteiger partial charge >= 0.3 is 0 Å². The summed E-state index contributed by atoms with van der Waals surface area (Å²) in [5.74, 6) is 1.68. The number of rotatable bonds is 3. The van der Waals surface area contributed by atoms with E-state index in [0.29, 0.717) is 23.3 Å². The maximum atomic E-state index is 13.3. The number of aromatic nitrogens is 3. The van der Waals surface area contributed by atoms with Crippen LogP contribution in [0.25, 0.3) is 0 Å². The Labute approximate surface area is 151 Å². The smallest absolute Gasteiger partial charge is 0.293 e. The number of nitrogens with zero attached hydrogens (tertiary/aromatic N) is 4. The zero-order valence-electron chi connectivity index (χ0n) is 14.6. The Balaban J connectivity index is 1.32. The van der Waals surface area contributed by atoms with E-state index >= 15 is 0 Å². The van der Waals surface area contributed by atoms with Crippen molar-refractivity contribution in [3.05, 3.63) is 41.7 Å². The summed E-state index contributed by atoms with van der Waals surface area (Å²) in [6.07, 6.45) is 4.89. The largest absolute Gasteiger partial charge is 0.319 e. The molecule has 0 spiro atoms. The number of halogens is 1. The number of carbonyl (C=O) groups is 1. The zero-order valence-corrected chi connectivity index (χ0v) is 14.6. The third-order valence-electron chi connectivity index (χ3n) is 6.17. The van der Waals surface area contributed by atoms with Crippen LogP contribution in [0.4, 0.5) is 10.1 Å². The van der Waals surface area contributed by atoms with E-state index in [2.05, 4.69) is 20.4 Å². The number of hydrogen-bond acceptors (Lipinski definition) is 4. The van der Waals surface area contributed by atoms with Gasteiger partial charge in [-0.3, -0.25) is 9.69 Å². The van der Waals surface area contributed by atoms with Gasteiger partial charge < -0.3 is 9.88 Å². The van der Waals surface area contributed by atoms with Gasteiger partial charge in [0.15, 0.2) is 0 Å². The Hall–Kier alpha value is -2.28. The quantitative estimate of drug-likeness (QED) is 0.918. The van der Waals surface area contributed by atoms with Crippen LogP contribution in [0, 0.1) is 17.7 Å². The maximum Gasteiger partial charge on any atom is 0.293 e. The first-order valence-electron chi connectivity index (χ1n) is 9.40. The second kappa shape index (κ2) is 6.16. The Morgan fingerprint density at radius 2 is 2.00 bits per heavy atom. The minimum atomic E-state index is -0.379. The molecule has 0 radical (unpaired) electrons. The van der Waals surface area contributed by atoms with Crippen molar-refractivity contribution in [1.82, 2.24) is 19.7 Å². The molecule has 2 aromatic rings. The van der Waals surface area contributed by atoms with Crippen LogP contribution in [0.3, 0.4) is 0 Å². The molecule has 5 rings (SSSR count). The molecule has 1 aromatic heterocycles. The molecule has 3 aliphatic rings. The Kier molecular flexibility index (Phi) is 3.77. The summed E-state index contributed by atoms with van der Waals surface area (Å²) in [7, 11) is 0. The van der Waals surface area contributed by atoms with Gasteiger partial charge in [-0.15, -0.1) is 10.2 Å². The van der Waals surface area contributed by atoms with Gasteiger partial charge in [0.2, 0.25) is 5.82 Å². The number of benzene rings is 1. The minimum Gasteiger partial charge on any atom is -0.319 e. The molecule has 1 aromatic carbocycles. The summed E-state index contributed by atoms with van der Waals surface area (Å²) in [6, 6.07) is 6.65. The molecule has 1 saturated heterocycles. The summed E-state index contributed by atoms with van der Waals surface area (Å²) in [6.45, 7) is 3.05. The molecule has 3 heterocycles. The molecule has 2 atom stereocenters. The predicted molar refractivity (Wildman–Crippen MR) is 94.3 cm³/mol. The monoisotopic (exact) mass is 355 g/mol. The highest BCUT2D eigenvalue weighted by atomic mass is 19.1. The third-order valence-corrected chi connectivity index (χ3v) is 6.17. The topological polar surface area (TPSA) is 63.1 Å². The molecule has 2 fully saturated rings. The van der Waals surface area contributed by atoms with Crippen molar-refractivity contribution in [3.8, 4) is 0 Å². The van der Waals surface area contributed by atoms with Crippen LogP contribution in [0.5, 0.6) is 0 Å². The van der Waals surface area contributed by atoms with E-state index in [1.54, 1.807) is 12.1 Å². The molecule has 1 saturated carbocycles. The van der Waals surface area contributed by atoms with Gasteiger partial charge in [-0.1, -0.05) is 12.5 Å². The lowest BCUT2D eigenvalue weighted by molar-refractivity contribution is 0.100. The van der Waals surface area contributed by atoms with E-state index in [9.17, 15) is 9.18 Å². The normalized spacial score (nSPS) is 25.4. The van der Waals surface area contributed by atoms with Crippen LogP contribution in [0.2, 0.25) is 0 Å². The summed E-state index contributed by atoms with van der Waals surface area (Å²) in [5.41, 5.74) is 0.429. The molecule has 1 N–H and O–H groups in total. The van der Waals surface area contributed by atoms with E-state index in [4.69, 9.17) is 0 Å². The molecule has 0 bridgehead atoms. The van der Waals surface area contributed by atoms with Crippen molar-refractivity contribution in [3.63, 3.8) is 0 Å². The van der Waals surface area contributed by atoms with Crippen molar-refractivity contribution in [2.75, 3.05) is 18.4 Å². The number of carbonyl (C=O) groups excluding carboxylic acids is 1. The Morgan fingerprint density at radius 1 is 1.15 bits per heavy atom. The molecule has 136 valence electrons. The first-order valence-corrected chi connectivity index (χ1v) is 9.40. The fraction of sp³-hybridized carbons (Fsp3) is 0.526. The minimum absolute atomic E-state index is 0.324. The highest BCUT2D eigenvalue weighted by molar-refractivity contribution is 6.01. The van der Waals surface area contributed by atoms with Crippen LogP contribution in [-0.2, 0) is 13.0 Å². The lowest BCUT2D eigenvalue weighted by Gasteiger charge is -2.34. The fourth-order valence-electron chi connectivity index (χ4n) is 4.53. The van der Waals surface area contributed by atoms with Crippen LogP contribution < -0.4 is 5.32 Å². The van der Waals surface area contributed by atoms with Crippen LogP contribution >= 0.6 is 0 Å². The van der Waals surface area contributed by atoms with Crippen LogP contribution in [0.15, 0.2) is 24.3 Å². The molecule has 1 amide bonds. The van der Waals surface area contributed by atoms with Gasteiger partial charge in [0.25, 0.3) is 5.91 Å². The van der Waals surface area contributed by atoms with Crippen molar-refractivity contribution >= 4 is 11.6 Å². The maximum absolute atomic E-state index is 13.3. The third kappa shape index (κ3) is 2.70. The first kappa shape index (κ1) is 15.9. The van der Waals surface area contributed by atoms with Gasteiger partial charge in [0.05, 0.1) is 0 Å². The standard InChI is InChI=1S/C19H22FN5O/c20-14-3-1-4-15(8-14)21-19(26)18-23-22-17-7-12-9-24(16-5-2-6-16)10-13(12)11-25(17)18/h1,3-4,8,12-13,16H,2,5-7,9-11H2,(H,21,26)/t12-,13-/m1/s1. The van der Waals surface area contributed by atoms with Crippen molar-refractivity contribution in [2.24, 2.45) is 11.8 Å². The lowest BCUT2D eigenvalue weighted by Crippen LogP contribution is -2.38. The van der Waals surface area contributed by atoms with E-state index in [1.165, 1.54) is 31.4 Å². The summed E-state index contributed by atoms with van der Waals surface area (Å²) >= 11 is 0. The second-order valence-corrected chi connectivity index (χ2v) is 7.78. The lowest BCUT2D eigenvalue weighted by atomic mass is 9.89. The number of nitrogens with one attached hydrogen (secondary N) is 1. The number of amides is 1. The van der Waals surface area contributed by atoms with Crippen molar-refractivity contribution < 1.29 is 9.18 Å². The van der Waals surface area contributed by atoms with Crippen LogP contribution in [0.1, 0.15) is 35.7 Å². The highest BCUT2D eigenvalue weighted by Crippen LogP contribution is 2.37. The molecular weight excluding hydrogens is 333 g/mol. The Morgan fingerprint density at radius 3 is 2.77 bits per heavy atom. The summed E-state index contributed by atoms with van der Waals surface area (Å²) < 4.78 is 15.3. The van der Waals surface area contributed by atoms with E-state index in [1.807, 2.05) is 4.57 Å². The van der Waals surface area contributed by atoms with E-state index in [0.717, 1.165) is 37.9 Å². The van der Waals surface area contributed by atoms with Crippen molar-refractivity contribution in [2.45, 2.75) is 38.3 Å². The average molecular weight is 355 g/mol. The number of anilines is 1. The van der Waals surface area contributed by atoms with Gasteiger partial charge in [0, 0.05) is 37.8 Å². The molecular formula is C19H22FN5O. The first-order chi connectivity index (χ1) is 12.7. The van der Waals surface area contributed by atoms with E-state index in [-0.39, 0.29) is 11.7 Å². The number of fused-ring (bicyclic) bond motifs is 2. The summed E-state index contributed by atoms with van der Waals surface area (Å²) in [4.78, 5) is 15.2. The van der Waals surface area contributed by atoms with Gasteiger partial charge in [-0.25, -0.2) is 4.39 Å². The molecule has 0 unspecified atom stereocenters. The van der Waals surface area contributed by atoms with Gasteiger partial charge in [0.1, 0.15) is 11.6 Å². The highest BCUT2D eigenvalue weighted by Gasteiger charge is 2.42. The SMILES string of the molecule is O=C(Nc1cccc(F)c1)c1nnc2n1C[C@H]1CN(C3CCC3)C[C@H]1C2. The molecule has 26 heavy (non-hydrogen) atoms. The van der Waals surface area contributed by atoms with Gasteiger partial charge in [-0.05, 0) is 42.9 Å². The number of likely N-dealkylation sites (tertiary alicyclic amines) is 1.